The number of aryl methyl sites for hydroxylation is 3. The molecule has 2 saturated carbocycles. The Labute approximate surface area is 217 Å². The van der Waals surface area contributed by atoms with Gasteiger partial charge in [0, 0.05) is 18.8 Å². The van der Waals surface area contributed by atoms with Crippen molar-refractivity contribution in [2.24, 2.45) is 23.2 Å². The number of hydrogen-bond acceptors (Lipinski definition) is 2. The standard InChI is InChI=1S/C20H26O.C14H15N/c1-3-14-5-9-19-18-7-4-13-12-15(21)6-8-16(13)17(18)10-11-20(14,19)2;1-12-4-6-13(7-5-12)8-9-14-3-2-10-15-11-14/h3,12,14,18-19H,1,4-11H2,2H3;2-7,10-11H,8-9H2,1H3. The zero-order chi connectivity index (χ0) is 25.1. The lowest BCUT2D eigenvalue weighted by Gasteiger charge is -2.49. The number of fused-ring (bicyclic) bond motifs is 4. The highest BCUT2D eigenvalue weighted by molar-refractivity contribution is 5.93. The van der Waals surface area contributed by atoms with Gasteiger partial charge in [0.25, 0.3) is 0 Å². The van der Waals surface area contributed by atoms with Gasteiger partial charge in [-0.2, -0.15) is 0 Å². The topological polar surface area (TPSA) is 30.0 Å². The van der Waals surface area contributed by atoms with Gasteiger partial charge in [-0.05, 0) is 122 Å². The zero-order valence-electron chi connectivity index (χ0n) is 22.1. The third kappa shape index (κ3) is 5.05. The SMILES string of the molecule is C=CC1CCC2C3CCC4=CC(=O)CCC4=C3CCC12C.Cc1ccc(CCc2cccnc2)cc1. The Morgan fingerprint density at radius 2 is 1.81 bits per heavy atom. The smallest absolute Gasteiger partial charge is 0.156 e. The van der Waals surface area contributed by atoms with Crippen LogP contribution in [0.15, 0.2) is 84.2 Å². The number of hydrogen-bond donors (Lipinski definition) is 0. The Morgan fingerprint density at radius 1 is 1.00 bits per heavy atom. The van der Waals surface area contributed by atoms with Gasteiger partial charge in [0.2, 0.25) is 0 Å². The molecule has 0 aliphatic heterocycles. The summed E-state index contributed by atoms with van der Waals surface area (Å²) in [5.41, 5.74) is 9.23. The third-order valence-corrected chi connectivity index (χ3v) is 9.64. The van der Waals surface area contributed by atoms with Gasteiger partial charge in [-0.15, -0.1) is 6.58 Å². The number of nitrogens with zero attached hydrogens (tertiary/aromatic N) is 1. The molecule has 1 aromatic heterocycles. The Hall–Kier alpha value is -2.74. The van der Waals surface area contributed by atoms with Crippen molar-refractivity contribution in [2.45, 2.75) is 78.1 Å². The number of rotatable bonds is 4. The Kier molecular flexibility index (Phi) is 7.42. The lowest BCUT2D eigenvalue weighted by Crippen LogP contribution is -2.39. The summed E-state index contributed by atoms with van der Waals surface area (Å²) in [6, 6.07) is 12.8. The molecule has 4 aliphatic rings. The number of carbonyl (C=O) groups is 1. The summed E-state index contributed by atoms with van der Waals surface area (Å²) in [7, 11) is 0. The summed E-state index contributed by atoms with van der Waals surface area (Å²) in [5, 5.41) is 0. The highest BCUT2D eigenvalue weighted by Gasteiger charge is 2.52. The summed E-state index contributed by atoms with van der Waals surface area (Å²) in [5.74, 6) is 2.73. The van der Waals surface area contributed by atoms with Gasteiger partial charge in [-0.3, -0.25) is 9.78 Å². The molecular weight excluding hydrogens is 438 g/mol. The van der Waals surface area contributed by atoms with E-state index in [1.807, 2.05) is 24.5 Å². The normalized spacial score (nSPS) is 28.8. The molecule has 2 aromatic rings. The molecule has 6 rings (SSSR count). The molecule has 0 saturated heterocycles. The third-order valence-electron chi connectivity index (χ3n) is 9.64. The molecule has 0 amide bonds. The second kappa shape index (κ2) is 10.7. The first-order valence-electron chi connectivity index (χ1n) is 14.0. The number of carbonyl (C=O) groups excluding carboxylic acids is 1. The average Bonchev–Trinajstić information content (AvgIpc) is 3.25. The van der Waals surface area contributed by atoms with Crippen LogP contribution >= 0.6 is 0 Å². The molecule has 0 spiro atoms. The van der Waals surface area contributed by atoms with Gasteiger partial charge in [0.05, 0.1) is 0 Å². The van der Waals surface area contributed by atoms with Crippen molar-refractivity contribution in [1.82, 2.24) is 4.98 Å². The van der Waals surface area contributed by atoms with Crippen LogP contribution in [0.4, 0.5) is 0 Å². The molecule has 0 radical (unpaired) electrons. The number of aromatic nitrogens is 1. The molecular formula is C34H41NO. The largest absolute Gasteiger partial charge is 0.295 e. The molecule has 2 heteroatoms. The minimum Gasteiger partial charge on any atom is -0.295 e. The van der Waals surface area contributed by atoms with Crippen molar-refractivity contribution in [2.75, 3.05) is 0 Å². The van der Waals surface area contributed by atoms with Crippen molar-refractivity contribution < 1.29 is 4.79 Å². The highest BCUT2D eigenvalue weighted by Crippen LogP contribution is 2.62. The van der Waals surface area contributed by atoms with Crippen LogP contribution in [-0.2, 0) is 17.6 Å². The average molecular weight is 480 g/mol. The molecule has 36 heavy (non-hydrogen) atoms. The lowest BCUT2D eigenvalue weighted by atomic mass is 9.56. The summed E-state index contributed by atoms with van der Waals surface area (Å²) < 4.78 is 0. The van der Waals surface area contributed by atoms with Gasteiger partial charge in [-0.1, -0.05) is 54.5 Å². The molecule has 188 valence electrons. The van der Waals surface area contributed by atoms with Crippen LogP contribution in [0.1, 0.15) is 75.0 Å². The maximum Gasteiger partial charge on any atom is 0.156 e. The maximum atomic E-state index is 11.7. The van der Waals surface area contributed by atoms with E-state index in [-0.39, 0.29) is 0 Å². The molecule has 4 atom stereocenters. The van der Waals surface area contributed by atoms with E-state index in [2.05, 4.69) is 61.8 Å². The van der Waals surface area contributed by atoms with E-state index in [9.17, 15) is 4.79 Å². The Bertz CT molecular complexity index is 1160. The van der Waals surface area contributed by atoms with E-state index in [0.29, 0.717) is 11.2 Å². The minimum absolute atomic E-state index is 0.348. The first-order valence-corrected chi connectivity index (χ1v) is 14.0. The van der Waals surface area contributed by atoms with E-state index in [1.54, 1.807) is 11.1 Å². The van der Waals surface area contributed by atoms with Gasteiger partial charge in [0.15, 0.2) is 5.78 Å². The molecule has 2 nitrogen and oxygen atoms in total. The highest BCUT2D eigenvalue weighted by atomic mass is 16.1. The molecule has 0 N–H and O–H groups in total. The van der Waals surface area contributed by atoms with Crippen molar-refractivity contribution in [3.63, 3.8) is 0 Å². The summed E-state index contributed by atoms with van der Waals surface area (Å²) in [6.45, 7) is 8.74. The summed E-state index contributed by atoms with van der Waals surface area (Å²) in [6.07, 6.45) is 19.6. The fourth-order valence-corrected chi connectivity index (χ4v) is 7.55. The second-order valence-corrected chi connectivity index (χ2v) is 11.7. The monoisotopic (exact) mass is 479 g/mol. The first-order chi connectivity index (χ1) is 17.5. The number of allylic oxidation sites excluding steroid dienone is 5. The van der Waals surface area contributed by atoms with E-state index in [0.717, 1.165) is 49.9 Å². The number of pyridine rings is 1. The van der Waals surface area contributed by atoms with Gasteiger partial charge >= 0.3 is 0 Å². The van der Waals surface area contributed by atoms with Crippen LogP contribution in [0.25, 0.3) is 0 Å². The van der Waals surface area contributed by atoms with Crippen molar-refractivity contribution in [1.29, 1.82) is 0 Å². The fourth-order valence-electron chi connectivity index (χ4n) is 7.55. The summed E-state index contributed by atoms with van der Waals surface area (Å²) >= 11 is 0. The molecule has 2 fully saturated rings. The Morgan fingerprint density at radius 3 is 2.56 bits per heavy atom. The predicted octanol–water partition coefficient (Wildman–Crippen LogP) is 8.17. The van der Waals surface area contributed by atoms with Crippen molar-refractivity contribution in [3.8, 4) is 0 Å². The van der Waals surface area contributed by atoms with Crippen LogP contribution in [0.5, 0.6) is 0 Å². The van der Waals surface area contributed by atoms with Crippen LogP contribution in [-0.4, -0.2) is 10.8 Å². The van der Waals surface area contributed by atoms with Gasteiger partial charge in [-0.25, -0.2) is 0 Å². The van der Waals surface area contributed by atoms with E-state index >= 15 is 0 Å². The maximum absolute atomic E-state index is 11.7. The van der Waals surface area contributed by atoms with E-state index in [4.69, 9.17) is 0 Å². The van der Waals surface area contributed by atoms with Gasteiger partial charge < -0.3 is 0 Å². The van der Waals surface area contributed by atoms with E-state index in [1.165, 1.54) is 54.4 Å². The van der Waals surface area contributed by atoms with Crippen LogP contribution < -0.4 is 0 Å². The van der Waals surface area contributed by atoms with Crippen LogP contribution in [0.3, 0.4) is 0 Å². The quantitative estimate of drug-likeness (QED) is 0.414. The fraction of sp³-hybridized carbons (Fsp3) is 0.471. The molecule has 4 aliphatic carbocycles. The van der Waals surface area contributed by atoms with E-state index < -0.39 is 0 Å². The molecule has 4 unspecified atom stereocenters. The van der Waals surface area contributed by atoms with Crippen molar-refractivity contribution in [3.05, 3.63) is 101 Å². The zero-order valence-corrected chi connectivity index (χ0v) is 22.1. The number of ketones is 1. The molecule has 1 heterocycles. The molecule has 0 bridgehead atoms. The second-order valence-electron chi connectivity index (χ2n) is 11.7. The Balaban J connectivity index is 0.000000157. The minimum atomic E-state index is 0.348. The van der Waals surface area contributed by atoms with Crippen LogP contribution in [0, 0.1) is 30.1 Å². The predicted molar refractivity (Wildman–Crippen MR) is 149 cm³/mol. The van der Waals surface area contributed by atoms with Crippen LogP contribution in [0.2, 0.25) is 0 Å². The lowest BCUT2D eigenvalue weighted by molar-refractivity contribution is -0.114. The van der Waals surface area contributed by atoms with Crippen molar-refractivity contribution >= 4 is 5.78 Å². The summed E-state index contributed by atoms with van der Waals surface area (Å²) in [4.78, 5) is 15.8. The number of benzene rings is 1. The van der Waals surface area contributed by atoms with Gasteiger partial charge in [0.1, 0.15) is 0 Å². The molecule has 1 aromatic carbocycles. The first kappa shape index (κ1) is 24.9.